The third-order valence-electron chi connectivity index (χ3n) is 3.36. The Morgan fingerprint density at radius 3 is 2.36 bits per heavy atom. The molecule has 0 spiro atoms. The smallest absolute Gasteiger partial charge is 0.268 e. The third-order valence-corrected chi connectivity index (χ3v) is 3.36. The maximum Gasteiger partial charge on any atom is 0.268 e. The predicted octanol–water partition coefficient (Wildman–Crippen LogP) is 2.77. The van der Waals surface area contributed by atoms with Gasteiger partial charge in [-0.1, -0.05) is 36.4 Å². The fourth-order valence-corrected chi connectivity index (χ4v) is 2.07. The van der Waals surface area contributed by atoms with Crippen LogP contribution in [0.15, 0.2) is 72.9 Å². The topological polar surface area (TPSA) is 67.4 Å². The Morgan fingerprint density at radius 2 is 1.76 bits per heavy atom. The van der Waals surface area contributed by atoms with Crippen molar-refractivity contribution in [3.63, 3.8) is 0 Å². The van der Waals surface area contributed by atoms with Gasteiger partial charge in [0.05, 0.1) is 7.11 Å². The monoisotopic (exact) mass is 336 g/mol. The van der Waals surface area contributed by atoms with Crippen LogP contribution in [0.4, 0.5) is 0 Å². The van der Waals surface area contributed by atoms with E-state index in [1.807, 2.05) is 30.3 Å². The van der Waals surface area contributed by atoms with E-state index in [2.05, 4.69) is 17.2 Å². The molecule has 0 unspecified atom stereocenters. The fraction of sp³-hybridized carbons (Fsp3) is 0.100. The van der Waals surface area contributed by atoms with Crippen LogP contribution in [-0.2, 0) is 4.79 Å². The Kier molecular flexibility index (Phi) is 6.54. The molecule has 5 nitrogen and oxygen atoms in total. The van der Waals surface area contributed by atoms with E-state index in [4.69, 9.17) is 4.74 Å². The second-order valence-corrected chi connectivity index (χ2v) is 5.15. The van der Waals surface area contributed by atoms with E-state index in [9.17, 15) is 9.59 Å². The Balaban J connectivity index is 2.22. The Morgan fingerprint density at radius 1 is 1.08 bits per heavy atom. The average Bonchev–Trinajstić information content (AvgIpc) is 2.66. The zero-order valence-electron chi connectivity index (χ0n) is 14.0. The average molecular weight is 336 g/mol. The number of ether oxygens (including phenoxy) is 1. The first-order chi connectivity index (χ1) is 12.1. The quantitative estimate of drug-likeness (QED) is 0.603. The Hall–Kier alpha value is -3.34. The van der Waals surface area contributed by atoms with Gasteiger partial charge >= 0.3 is 0 Å². The van der Waals surface area contributed by atoms with Crippen LogP contribution in [0.2, 0.25) is 0 Å². The van der Waals surface area contributed by atoms with Crippen LogP contribution < -0.4 is 15.4 Å². The van der Waals surface area contributed by atoms with Gasteiger partial charge in [-0.15, -0.1) is 6.58 Å². The van der Waals surface area contributed by atoms with E-state index >= 15 is 0 Å². The van der Waals surface area contributed by atoms with Crippen molar-refractivity contribution in [2.75, 3.05) is 13.7 Å². The van der Waals surface area contributed by atoms with E-state index in [1.165, 1.54) is 0 Å². The molecule has 0 aliphatic rings. The van der Waals surface area contributed by atoms with Crippen LogP contribution in [0.3, 0.4) is 0 Å². The van der Waals surface area contributed by atoms with Gasteiger partial charge in [-0.05, 0) is 35.9 Å². The first kappa shape index (κ1) is 18.0. The summed E-state index contributed by atoms with van der Waals surface area (Å²) in [5.74, 6) is -0.107. The minimum Gasteiger partial charge on any atom is -0.497 e. The van der Waals surface area contributed by atoms with Crippen molar-refractivity contribution in [2.45, 2.75) is 0 Å². The molecular formula is C20H20N2O3. The normalized spacial score (nSPS) is 10.7. The summed E-state index contributed by atoms with van der Waals surface area (Å²) in [5.41, 5.74) is 1.39. The van der Waals surface area contributed by atoms with Crippen molar-refractivity contribution >= 4 is 17.9 Å². The highest BCUT2D eigenvalue weighted by Crippen LogP contribution is 2.12. The highest BCUT2D eigenvalue weighted by molar-refractivity contribution is 6.05. The van der Waals surface area contributed by atoms with Crippen molar-refractivity contribution in [2.24, 2.45) is 0 Å². The molecular weight excluding hydrogens is 316 g/mol. The van der Waals surface area contributed by atoms with Crippen LogP contribution in [0, 0.1) is 0 Å². The van der Waals surface area contributed by atoms with Crippen LogP contribution in [0.1, 0.15) is 15.9 Å². The molecule has 2 aromatic carbocycles. The largest absolute Gasteiger partial charge is 0.497 e. The summed E-state index contributed by atoms with van der Waals surface area (Å²) in [6.07, 6.45) is 3.20. The lowest BCUT2D eigenvalue weighted by atomic mass is 10.1. The van der Waals surface area contributed by atoms with Crippen molar-refractivity contribution in [1.29, 1.82) is 0 Å². The third kappa shape index (κ3) is 5.35. The van der Waals surface area contributed by atoms with Crippen molar-refractivity contribution in [1.82, 2.24) is 10.6 Å². The van der Waals surface area contributed by atoms with Gasteiger partial charge in [0.25, 0.3) is 11.8 Å². The van der Waals surface area contributed by atoms with Crippen molar-refractivity contribution < 1.29 is 14.3 Å². The SMILES string of the molecule is C=CCNC(=O)C(=Cc1ccccc1)NC(=O)c1ccc(OC)cc1. The number of carbonyl (C=O) groups excluding carboxylic acids is 2. The van der Waals surface area contributed by atoms with Gasteiger partial charge in [-0.25, -0.2) is 0 Å². The van der Waals surface area contributed by atoms with Crippen LogP contribution in [-0.4, -0.2) is 25.5 Å². The minimum absolute atomic E-state index is 0.161. The summed E-state index contributed by atoms with van der Waals surface area (Å²) in [5, 5.41) is 5.33. The standard InChI is InChI=1S/C20H20N2O3/c1-3-13-21-20(24)18(14-15-7-5-4-6-8-15)22-19(23)16-9-11-17(25-2)12-10-16/h3-12,14H,1,13H2,2H3,(H,21,24)(H,22,23). The molecule has 0 saturated carbocycles. The van der Waals surface area contributed by atoms with Crippen LogP contribution in [0.5, 0.6) is 5.75 Å². The number of amides is 2. The van der Waals surface area contributed by atoms with E-state index in [1.54, 1.807) is 43.5 Å². The molecule has 2 N–H and O–H groups in total. The Bertz CT molecular complexity index is 765. The molecule has 5 heteroatoms. The molecule has 0 radical (unpaired) electrons. The zero-order valence-corrected chi connectivity index (χ0v) is 14.0. The summed E-state index contributed by atoms with van der Waals surface area (Å²) in [7, 11) is 1.56. The van der Waals surface area contributed by atoms with Gasteiger partial charge in [0.1, 0.15) is 11.4 Å². The number of nitrogens with one attached hydrogen (secondary N) is 2. The molecule has 0 heterocycles. The molecule has 0 aromatic heterocycles. The molecule has 0 saturated heterocycles. The highest BCUT2D eigenvalue weighted by Gasteiger charge is 2.14. The summed E-state index contributed by atoms with van der Waals surface area (Å²) < 4.78 is 5.07. The van der Waals surface area contributed by atoms with Crippen molar-refractivity contribution in [3.8, 4) is 5.75 Å². The lowest BCUT2D eigenvalue weighted by molar-refractivity contribution is -0.117. The summed E-state index contributed by atoms with van der Waals surface area (Å²) >= 11 is 0. The van der Waals surface area contributed by atoms with Gasteiger partial charge in [-0.3, -0.25) is 9.59 Å². The summed E-state index contributed by atoms with van der Waals surface area (Å²) in [4.78, 5) is 24.7. The number of rotatable bonds is 7. The predicted molar refractivity (Wildman–Crippen MR) is 98.1 cm³/mol. The van der Waals surface area contributed by atoms with Gasteiger partial charge in [-0.2, -0.15) is 0 Å². The molecule has 2 aromatic rings. The van der Waals surface area contributed by atoms with E-state index in [0.29, 0.717) is 17.9 Å². The lowest BCUT2D eigenvalue weighted by Crippen LogP contribution is -2.34. The molecule has 2 amide bonds. The minimum atomic E-state index is -0.384. The zero-order chi connectivity index (χ0) is 18.1. The van der Waals surface area contributed by atoms with Gasteiger partial charge in [0.15, 0.2) is 0 Å². The van der Waals surface area contributed by atoms with Gasteiger partial charge in [0.2, 0.25) is 0 Å². The molecule has 0 aliphatic heterocycles. The molecule has 2 rings (SSSR count). The number of benzene rings is 2. The van der Waals surface area contributed by atoms with E-state index < -0.39 is 0 Å². The molecule has 0 aliphatic carbocycles. The van der Waals surface area contributed by atoms with Crippen LogP contribution in [0.25, 0.3) is 6.08 Å². The second kappa shape index (κ2) is 9.08. The number of hydrogen-bond acceptors (Lipinski definition) is 3. The van der Waals surface area contributed by atoms with Gasteiger partial charge in [0, 0.05) is 12.1 Å². The van der Waals surface area contributed by atoms with E-state index in [-0.39, 0.29) is 17.5 Å². The molecule has 0 fully saturated rings. The Labute approximate surface area is 147 Å². The molecule has 0 bridgehead atoms. The highest BCUT2D eigenvalue weighted by atomic mass is 16.5. The summed E-state index contributed by atoms with van der Waals surface area (Å²) in [6, 6.07) is 15.9. The number of hydrogen-bond donors (Lipinski definition) is 2. The maximum atomic E-state index is 12.4. The first-order valence-electron chi connectivity index (χ1n) is 7.75. The lowest BCUT2D eigenvalue weighted by Gasteiger charge is -2.10. The first-order valence-corrected chi connectivity index (χ1v) is 7.75. The fourth-order valence-electron chi connectivity index (χ4n) is 2.07. The van der Waals surface area contributed by atoms with Gasteiger partial charge < -0.3 is 15.4 Å². The molecule has 128 valence electrons. The number of methoxy groups -OCH3 is 1. The maximum absolute atomic E-state index is 12.4. The number of carbonyl (C=O) groups is 2. The van der Waals surface area contributed by atoms with Crippen LogP contribution >= 0.6 is 0 Å². The second-order valence-electron chi connectivity index (χ2n) is 5.15. The van der Waals surface area contributed by atoms with Crippen molar-refractivity contribution in [3.05, 3.63) is 84.1 Å². The molecule has 0 atom stereocenters. The summed E-state index contributed by atoms with van der Waals surface area (Å²) in [6.45, 7) is 3.88. The molecule has 25 heavy (non-hydrogen) atoms. The van der Waals surface area contributed by atoms with E-state index in [0.717, 1.165) is 5.56 Å².